The van der Waals surface area contributed by atoms with Crippen LogP contribution in [0.5, 0.6) is 11.5 Å². The van der Waals surface area contributed by atoms with Crippen molar-refractivity contribution in [3.63, 3.8) is 0 Å². The minimum atomic E-state index is -0.572. The van der Waals surface area contributed by atoms with Crippen LogP contribution in [0.1, 0.15) is 26.7 Å². The zero-order valence-corrected chi connectivity index (χ0v) is 10.8. The Morgan fingerprint density at radius 1 is 1.28 bits per heavy atom. The Labute approximate surface area is 107 Å². The molecule has 0 fully saturated rings. The number of ether oxygens (including phenoxy) is 2. The Kier molecular flexibility index (Phi) is 6.00. The third-order valence-electron chi connectivity index (χ3n) is 2.38. The molecule has 1 unspecified atom stereocenters. The summed E-state index contributed by atoms with van der Waals surface area (Å²) in [5.74, 6) is 6.16. The first kappa shape index (κ1) is 14.3. The van der Waals surface area contributed by atoms with Crippen molar-refractivity contribution in [2.75, 3.05) is 6.61 Å². The fourth-order valence-electron chi connectivity index (χ4n) is 1.41. The summed E-state index contributed by atoms with van der Waals surface area (Å²) in [5.41, 5.74) is 2.09. The Morgan fingerprint density at radius 3 is 2.39 bits per heavy atom. The molecule has 0 aliphatic rings. The molecule has 0 aliphatic heterocycles. The lowest BCUT2D eigenvalue weighted by Crippen LogP contribution is -2.41. The van der Waals surface area contributed by atoms with Gasteiger partial charge in [-0.25, -0.2) is 5.84 Å². The molecule has 5 heteroatoms. The van der Waals surface area contributed by atoms with Crippen molar-refractivity contribution in [3.8, 4) is 11.5 Å². The predicted octanol–water partition coefficient (Wildman–Crippen LogP) is 1.62. The smallest absolute Gasteiger partial charge is 0.274 e. The molecule has 0 saturated heterocycles. The molecule has 0 saturated carbocycles. The maximum Gasteiger partial charge on any atom is 0.274 e. The highest BCUT2D eigenvalue weighted by molar-refractivity contribution is 5.80. The number of benzene rings is 1. The quantitative estimate of drug-likeness (QED) is 0.439. The summed E-state index contributed by atoms with van der Waals surface area (Å²) >= 11 is 0. The van der Waals surface area contributed by atoms with Crippen molar-refractivity contribution in [2.24, 2.45) is 5.84 Å². The SMILES string of the molecule is CCCOc1ccc(OC(CC)C(=O)NN)cc1. The fraction of sp³-hybridized carbons (Fsp3) is 0.462. The van der Waals surface area contributed by atoms with E-state index >= 15 is 0 Å². The Balaban J connectivity index is 2.59. The second-order valence-electron chi connectivity index (χ2n) is 3.84. The summed E-state index contributed by atoms with van der Waals surface area (Å²) < 4.78 is 11.0. The number of carbonyl (C=O) groups is 1. The maximum atomic E-state index is 11.4. The van der Waals surface area contributed by atoms with Crippen LogP contribution < -0.4 is 20.7 Å². The minimum Gasteiger partial charge on any atom is -0.494 e. The van der Waals surface area contributed by atoms with E-state index in [0.29, 0.717) is 18.8 Å². The van der Waals surface area contributed by atoms with Gasteiger partial charge < -0.3 is 9.47 Å². The van der Waals surface area contributed by atoms with Gasteiger partial charge >= 0.3 is 0 Å². The van der Waals surface area contributed by atoms with E-state index in [1.54, 1.807) is 12.1 Å². The summed E-state index contributed by atoms with van der Waals surface area (Å²) in [5, 5.41) is 0. The van der Waals surface area contributed by atoms with Crippen molar-refractivity contribution in [2.45, 2.75) is 32.8 Å². The van der Waals surface area contributed by atoms with Crippen LogP contribution in [0.2, 0.25) is 0 Å². The molecule has 1 atom stereocenters. The fourth-order valence-corrected chi connectivity index (χ4v) is 1.41. The van der Waals surface area contributed by atoms with E-state index in [9.17, 15) is 4.79 Å². The number of rotatable bonds is 7. The molecule has 1 amide bonds. The highest BCUT2D eigenvalue weighted by Crippen LogP contribution is 2.19. The van der Waals surface area contributed by atoms with Gasteiger partial charge in [0.05, 0.1) is 6.61 Å². The number of hydrazine groups is 1. The normalized spacial score (nSPS) is 11.7. The van der Waals surface area contributed by atoms with Crippen LogP contribution in [0, 0.1) is 0 Å². The van der Waals surface area contributed by atoms with Crippen LogP contribution in [-0.4, -0.2) is 18.6 Å². The van der Waals surface area contributed by atoms with Gasteiger partial charge in [0.1, 0.15) is 11.5 Å². The monoisotopic (exact) mass is 252 g/mol. The first-order valence-electron chi connectivity index (χ1n) is 6.11. The molecule has 1 aromatic rings. The standard InChI is InChI=1S/C13H20N2O3/c1-3-9-17-10-5-7-11(8-6-10)18-12(4-2)13(16)15-14/h5-8,12H,3-4,9,14H2,1-2H3,(H,15,16). The van der Waals surface area contributed by atoms with Crippen LogP contribution in [0.25, 0.3) is 0 Å². The van der Waals surface area contributed by atoms with Crippen molar-refractivity contribution in [1.82, 2.24) is 5.43 Å². The van der Waals surface area contributed by atoms with Crippen LogP contribution in [0.15, 0.2) is 24.3 Å². The number of hydrogen-bond acceptors (Lipinski definition) is 4. The van der Waals surface area contributed by atoms with Gasteiger partial charge in [0.15, 0.2) is 6.10 Å². The number of carbonyl (C=O) groups excluding carboxylic acids is 1. The zero-order chi connectivity index (χ0) is 13.4. The maximum absolute atomic E-state index is 11.4. The van der Waals surface area contributed by atoms with Gasteiger partial charge in [-0.05, 0) is 37.1 Å². The topological polar surface area (TPSA) is 73.6 Å². The van der Waals surface area contributed by atoms with E-state index in [0.717, 1.165) is 12.2 Å². The van der Waals surface area contributed by atoms with Gasteiger partial charge in [-0.15, -0.1) is 0 Å². The van der Waals surface area contributed by atoms with Gasteiger partial charge in [-0.2, -0.15) is 0 Å². The van der Waals surface area contributed by atoms with E-state index in [4.69, 9.17) is 15.3 Å². The molecule has 3 N–H and O–H groups in total. The minimum absolute atomic E-state index is 0.330. The lowest BCUT2D eigenvalue weighted by atomic mass is 10.2. The number of nitrogens with two attached hydrogens (primary N) is 1. The lowest BCUT2D eigenvalue weighted by molar-refractivity contribution is -0.128. The van der Waals surface area contributed by atoms with E-state index in [2.05, 4.69) is 12.3 Å². The summed E-state index contributed by atoms with van der Waals surface area (Å²) in [4.78, 5) is 11.4. The van der Waals surface area contributed by atoms with Gasteiger partial charge in [-0.3, -0.25) is 10.2 Å². The van der Waals surface area contributed by atoms with Gasteiger partial charge in [0, 0.05) is 0 Å². The molecule has 0 heterocycles. The average molecular weight is 252 g/mol. The summed E-state index contributed by atoms with van der Waals surface area (Å²) in [7, 11) is 0. The van der Waals surface area contributed by atoms with Crippen LogP contribution >= 0.6 is 0 Å². The highest BCUT2D eigenvalue weighted by Gasteiger charge is 2.16. The van der Waals surface area contributed by atoms with E-state index < -0.39 is 6.10 Å². The first-order valence-corrected chi connectivity index (χ1v) is 6.11. The molecule has 1 aromatic carbocycles. The van der Waals surface area contributed by atoms with Crippen LogP contribution in [0.4, 0.5) is 0 Å². The number of nitrogens with one attached hydrogen (secondary N) is 1. The second kappa shape index (κ2) is 7.55. The summed E-state index contributed by atoms with van der Waals surface area (Å²) in [6.07, 6.45) is 0.946. The molecular formula is C13H20N2O3. The van der Waals surface area contributed by atoms with Crippen LogP contribution in [0.3, 0.4) is 0 Å². The van der Waals surface area contributed by atoms with Crippen molar-refractivity contribution in [1.29, 1.82) is 0 Å². The molecule has 5 nitrogen and oxygen atoms in total. The van der Waals surface area contributed by atoms with E-state index in [1.807, 2.05) is 19.1 Å². The molecular weight excluding hydrogens is 232 g/mol. The summed E-state index contributed by atoms with van der Waals surface area (Å²) in [6.45, 7) is 4.60. The third-order valence-corrected chi connectivity index (χ3v) is 2.38. The second-order valence-corrected chi connectivity index (χ2v) is 3.84. The van der Waals surface area contributed by atoms with E-state index in [1.165, 1.54) is 0 Å². The lowest BCUT2D eigenvalue weighted by Gasteiger charge is -2.16. The van der Waals surface area contributed by atoms with Crippen molar-refractivity contribution in [3.05, 3.63) is 24.3 Å². The van der Waals surface area contributed by atoms with E-state index in [-0.39, 0.29) is 5.91 Å². The highest BCUT2D eigenvalue weighted by atomic mass is 16.5. The molecule has 0 radical (unpaired) electrons. The molecule has 100 valence electrons. The first-order chi connectivity index (χ1) is 8.71. The Bertz CT molecular complexity index is 365. The average Bonchev–Trinajstić information content (AvgIpc) is 2.43. The Morgan fingerprint density at radius 2 is 1.89 bits per heavy atom. The van der Waals surface area contributed by atoms with Gasteiger partial charge in [0.2, 0.25) is 0 Å². The Hall–Kier alpha value is -1.75. The largest absolute Gasteiger partial charge is 0.494 e. The number of hydrogen-bond donors (Lipinski definition) is 2. The van der Waals surface area contributed by atoms with Crippen molar-refractivity contribution >= 4 is 5.91 Å². The predicted molar refractivity (Wildman–Crippen MR) is 69.3 cm³/mol. The van der Waals surface area contributed by atoms with Gasteiger partial charge in [0.25, 0.3) is 5.91 Å². The molecule has 0 spiro atoms. The third kappa shape index (κ3) is 4.25. The number of amides is 1. The van der Waals surface area contributed by atoms with Gasteiger partial charge in [-0.1, -0.05) is 13.8 Å². The molecule has 0 aromatic heterocycles. The van der Waals surface area contributed by atoms with Crippen molar-refractivity contribution < 1.29 is 14.3 Å². The molecule has 18 heavy (non-hydrogen) atoms. The molecule has 0 aliphatic carbocycles. The molecule has 1 rings (SSSR count). The van der Waals surface area contributed by atoms with Crippen LogP contribution in [-0.2, 0) is 4.79 Å². The zero-order valence-electron chi connectivity index (χ0n) is 10.8. The summed E-state index contributed by atoms with van der Waals surface area (Å²) in [6, 6.07) is 7.19. The molecule has 0 bridgehead atoms.